The van der Waals surface area contributed by atoms with Crippen LogP contribution in [0.1, 0.15) is 29.8 Å². The minimum Gasteiger partial charge on any atom is -0.497 e. The highest BCUT2D eigenvalue weighted by atomic mass is 32.2. The fourth-order valence-electron chi connectivity index (χ4n) is 5.83. The van der Waals surface area contributed by atoms with Crippen LogP contribution < -0.4 is 29.0 Å². The highest BCUT2D eigenvalue weighted by molar-refractivity contribution is 7.92. The van der Waals surface area contributed by atoms with Crippen molar-refractivity contribution in [3.63, 3.8) is 0 Å². The van der Waals surface area contributed by atoms with E-state index in [4.69, 9.17) is 28.9 Å². The lowest BCUT2D eigenvalue weighted by Crippen LogP contribution is -2.15. The van der Waals surface area contributed by atoms with Gasteiger partial charge in [-0.05, 0) is 42.5 Å². The van der Waals surface area contributed by atoms with Crippen molar-refractivity contribution in [2.24, 2.45) is 0 Å². The molecule has 0 unspecified atom stereocenters. The maximum atomic E-state index is 14.3. The van der Waals surface area contributed by atoms with Gasteiger partial charge in [-0.1, -0.05) is 56.3 Å². The van der Waals surface area contributed by atoms with Crippen LogP contribution in [0.25, 0.3) is 33.5 Å². The van der Waals surface area contributed by atoms with Crippen LogP contribution in [0.3, 0.4) is 0 Å². The van der Waals surface area contributed by atoms with E-state index in [0.717, 1.165) is 11.9 Å². The van der Waals surface area contributed by atoms with Crippen molar-refractivity contribution in [1.29, 1.82) is 0 Å². The number of nitrogens with zero attached hydrogens (tertiary/aromatic N) is 2. The summed E-state index contributed by atoms with van der Waals surface area (Å²) >= 11 is 0. The summed E-state index contributed by atoms with van der Waals surface area (Å²) in [6, 6.07) is 28.6. The fourth-order valence-corrected chi connectivity index (χ4v) is 6.39. The Balaban J connectivity index is 0.00000220. The number of benzene rings is 5. The summed E-state index contributed by atoms with van der Waals surface area (Å²) in [6.07, 6.45) is 1.05. The summed E-state index contributed by atoms with van der Waals surface area (Å²) in [5, 5.41) is 3.89. The number of rotatable bonds is 10. The Labute approximate surface area is 296 Å². The van der Waals surface area contributed by atoms with Gasteiger partial charge in [0.1, 0.15) is 17.0 Å². The predicted molar refractivity (Wildman–Crippen MR) is 200 cm³/mol. The molecule has 0 spiro atoms. The van der Waals surface area contributed by atoms with Crippen molar-refractivity contribution in [2.75, 3.05) is 37.6 Å². The van der Waals surface area contributed by atoms with E-state index in [9.17, 15) is 13.2 Å². The zero-order valence-corrected chi connectivity index (χ0v) is 29.7. The molecule has 1 aliphatic carbocycles. The second kappa shape index (κ2) is 14.4. The highest BCUT2D eigenvalue weighted by Crippen LogP contribution is 2.47. The van der Waals surface area contributed by atoms with Gasteiger partial charge in [-0.3, -0.25) is 9.52 Å². The van der Waals surface area contributed by atoms with Crippen LogP contribution in [-0.4, -0.2) is 51.8 Å². The van der Waals surface area contributed by atoms with Crippen LogP contribution in [0.5, 0.6) is 28.7 Å². The summed E-state index contributed by atoms with van der Waals surface area (Å²) < 4.78 is 50.4. The van der Waals surface area contributed by atoms with Crippen LogP contribution in [-0.2, 0) is 10.0 Å². The number of ketones is 1. The molecule has 0 amide bonds. The Morgan fingerprint density at radius 2 is 1.27 bits per heavy atom. The Morgan fingerprint density at radius 1 is 0.647 bits per heavy atom. The van der Waals surface area contributed by atoms with E-state index in [-0.39, 0.29) is 17.3 Å². The molecular formula is C39H36N4O7S. The molecule has 0 saturated heterocycles. The first-order chi connectivity index (χ1) is 24.7. The van der Waals surface area contributed by atoms with Crippen molar-refractivity contribution >= 4 is 43.8 Å². The summed E-state index contributed by atoms with van der Waals surface area (Å²) in [6.45, 7) is 4.00. The quantitative estimate of drug-likeness (QED) is 0.143. The topological polar surface area (TPSA) is 138 Å². The smallest absolute Gasteiger partial charge is 0.229 e. The van der Waals surface area contributed by atoms with Gasteiger partial charge in [-0.2, -0.15) is 0 Å². The lowest BCUT2D eigenvalue weighted by atomic mass is 9.85. The number of ether oxygens (including phenoxy) is 4. The van der Waals surface area contributed by atoms with Gasteiger partial charge in [-0.15, -0.1) is 0 Å². The second-order valence-electron chi connectivity index (χ2n) is 11.2. The molecule has 1 heterocycles. The number of para-hydroxylation sites is 1. The summed E-state index contributed by atoms with van der Waals surface area (Å²) in [7, 11) is 0.793. The molecule has 0 radical (unpaired) electrons. The number of carbonyl (C=O) groups excluding carboxylic acids is 1. The summed E-state index contributed by atoms with van der Waals surface area (Å²) in [4.78, 5) is 24.3. The second-order valence-corrected chi connectivity index (χ2v) is 12.9. The van der Waals surface area contributed by atoms with Crippen LogP contribution in [0.2, 0.25) is 0 Å². The number of methoxy groups -OCH3 is 3. The summed E-state index contributed by atoms with van der Waals surface area (Å²) in [5.74, 6) is 2.17. The first kappa shape index (κ1) is 34.7. The third kappa shape index (κ3) is 6.86. The molecule has 0 bridgehead atoms. The number of hydrogen-bond donors (Lipinski definition) is 2. The van der Waals surface area contributed by atoms with Gasteiger partial charge in [0, 0.05) is 39.9 Å². The molecule has 5 aromatic carbocycles. The Morgan fingerprint density at radius 3 is 1.92 bits per heavy atom. The SMILES string of the molecule is CC.COc1ccc(Nc2cc(Oc3ccccc3)c3nc(-c4cc(OC)c(OC)cc4NS(C)(=O)=O)nc4c3c2C(=O)c2ccccc2-4)cc1. The number of sulfonamides is 1. The molecule has 2 N–H and O–H groups in total. The van der Waals surface area contributed by atoms with Crippen LogP contribution in [0, 0.1) is 0 Å². The number of anilines is 3. The van der Waals surface area contributed by atoms with Gasteiger partial charge in [0.15, 0.2) is 28.9 Å². The number of carbonyl (C=O) groups is 1. The number of nitrogens with one attached hydrogen (secondary N) is 2. The lowest BCUT2D eigenvalue weighted by Gasteiger charge is -2.24. The maximum absolute atomic E-state index is 14.3. The molecule has 11 nitrogen and oxygen atoms in total. The molecule has 1 aliphatic rings. The van der Waals surface area contributed by atoms with Crippen molar-refractivity contribution < 1.29 is 32.2 Å². The largest absolute Gasteiger partial charge is 0.497 e. The predicted octanol–water partition coefficient (Wildman–Crippen LogP) is 8.47. The van der Waals surface area contributed by atoms with E-state index >= 15 is 0 Å². The third-order valence-electron chi connectivity index (χ3n) is 7.99. The van der Waals surface area contributed by atoms with Gasteiger partial charge in [0.05, 0.1) is 50.2 Å². The van der Waals surface area contributed by atoms with Crippen LogP contribution in [0.4, 0.5) is 17.1 Å². The Kier molecular flexibility index (Phi) is 9.79. The average Bonchev–Trinajstić information content (AvgIpc) is 3.15. The zero-order valence-electron chi connectivity index (χ0n) is 28.9. The van der Waals surface area contributed by atoms with Crippen molar-refractivity contribution in [2.45, 2.75) is 13.8 Å². The summed E-state index contributed by atoms with van der Waals surface area (Å²) in [5.41, 5.74) is 3.95. The molecule has 0 fully saturated rings. The molecule has 12 heteroatoms. The standard InChI is InChI=1S/C37H30N4O7S.C2H6/c1-45-22-16-14-21(15-17-22)38-28-20-31(48-23-10-6-5-7-11-23)35-33-32(28)36(42)25-13-9-8-12-24(25)34(33)39-37(40-35)26-18-29(46-2)30(47-3)19-27(26)41-49(4,43)44;1-2/h5-20,38,41H,1-4H3;1-2H3. The minimum atomic E-state index is -3.74. The van der Waals surface area contributed by atoms with Gasteiger partial charge in [0.2, 0.25) is 10.0 Å². The molecule has 0 saturated carbocycles. The molecule has 1 aromatic heterocycles. The maximum Gasteiger partial charge on any atom is 0.229 e. The molecule has 7 rings (SSSR count). The average molecular weight is 705 g/mol. The molecule has 260 valence electrons. The number of hydrogen-bond acceptors (Lipinski definition) is 10. The van der Waals surface area contributed by atoms with E-state index in [2.05, 4.69) is 10.0 Å². The van der Waals surface area contributed by atoms with E-state index in [1.165, 1.54) is 20.3 Å². The van der Waals surface area contributed by atoms with Crippen molar-refractivity contribution in [3.05, 3.63) is 108 Å². The zero-order chi connectivity index (χ0) is 36.3. The van der Waals surface area contributed by atoms with E-state index < -0.39 is 10.0 Å². The monoisotopic (exact) mass is 704 g/mol. The lowest BCUT2D eigenvalue weighted by molar-refractivity contribution is 0.104. The van der Waals surface area contributed by atoms with Crippen LogP contribution >= 0.6 is 0 Å². The van der Waals surface area contributed by atoms with E-state index in [0.29, 0.717) is 73.3 Å². The molecule has 0 atom stereocenters. The van der Waals surface area contributed by atoms with Gasteiger partial charge >= 0.3 is 0 Å². The fraction of sp³-hybridized carbons (Fsp3) is 0.154. The first-order valence-electron chi connectivity index (χ1n) is 16.1. The molecular weight excluding hydrogens is 669 g/mol. The van der Waals surface area contributed by atoms with Crippen molar-refractivity contribution in [3.8, 4) is 51.4 Å². The van der Waals surface area contributed by atoms with Crippen molar-refractivity contribution in [1.82, 2.24) is 9.97 Å². The third-order valence-corrected chi connectivity index (χ3v) is 8.58. The Hall–Kier alpha value is -6.14. The first-order valence-corrected chi connectivity index (χ1v) is 18.0. The van der Waals surface area contributed by atoms with Gasteiger partial charge in [0.25, 0.3) is 0 Å². The van der Waals surface area contributed by atoms with Gasteiger partial charge < -0.3 is 24.3 Å². The van der Waals surface area contributed by atoms with E-state index in [1.807, 2.05) is 80.6 Å². The highest BCUT2D eigenvalue weighted by Gasteiger charge is 2.33. The normalized spacial score (nSPS) is 11.5. The molecule has 0 aliphatic heterocycles. The van der Waals surface area contributed by atoms with E-state index in [1.54, 1.807) is 31.4 Å². The minimum absolute atomic E-state index is 0.165. The Bertz CT molecular complexity index is 2370. The van der Waals surface area contributed by atoms with Gasteiger partial charge in [-0.25, -0.2) is 18.4 Å². The number of fused-ring (bicyclic) bond motifs is 2. The number of aromatic nitrogens is 2. The van der Waals surface area contributed by atoms with Crippen LogP contribution in [0.15, 0.2) is 97.1 Å². The molecule has 51 heavy (non-hydrogen) atoms. The molecule has 6 aromatic rings.